The Bertz CT molecular complexity index is 896. The number of halogens is 2. The van der Waals surface area contributed by atoms with Crippen LogP contribution in [0.25, 0.3) is 10.8 Å². The number of nitrogens with one attached hydrogen (secondary N) is 1. The molecule has 3 aromatic rings. The van der Waals surface area contributed by atoms with Crippen LogP contribution < -0.4 is 10.1 Å². The van der Waals surface area contributed by atoms with Crippen molar-refractivity contribution in [2.24, 2.45) is 0 Å². The van der Waals surface area contributed by atoms with Gasteiger partial charge in [0.25, 0.3) is 0 Å². The van der Waals surface area contributed by atoms with Crippen molar-refractivity contribution in [3.8, 4) is 5.75 Å². The summed E-state index contributed by atoms with van der Waals surface area (Å²) in [6, 6.07) is 19.0. The number of anilines is 1. The van der Waals surface area contributed by atoms with Crippen LogP contribution in [-0.4, -0.2) is 12.5 Å². The molecule has 5 heteroatoms. The fourth-order valence-electron chi connectivity index (χ4n) is 2.50. The average Bonchev–Trinajstić information content (AvgIpc) is 2.60. The molecule has 0 aliphatic heterocycles. The third-order valence-corrected chi connectivity index (χ3v) is 4.26. The zero-order chi connectivity index (χ0) is 17.6. The Balaban J connectivity index is 1.47. The lowest BCUT2D eigenvalue weighted by Gasteiger charge is -2.09. The highest BCUT2D eigenvalue weighted by molar-refractivity contribution is 6.35. The molecule has 0 radical (unpaired) electrons. The Labute approximate surface area is 156 Å². The minimum atomic E-state index is -0.0407. The van der Waals surface area contributed by atoms with Gasteiger partial charge in [-0.25, -0.2) is 0 Å². The summed E-state index contributed by atoms with van der Waals surface area (Å²) in [5.74, 6) is 0.530. The second-order valence-electron chi connectivity index (χ2n) is 5.64. The summed E-state index contributed by atoms with van der Waals surface area (Å²) < 4.78 is 5.58. The lowest BCUT2D eigenvalue weighted by molar-refractivity contribution is -0.116. The van der Waals surface area contributed by atoms with Crippen LogP contribution in [0.1, 0.15) is 12.8 Å². The van der Waals surface area contributed by atoms with E-state index < -0.39 is 0 Å². The quantitative estimate of drug-likeness (QED) is 0.542. The van der Waals surface area contributed by atoms with Crippen molar-refractivity contribution in [2.75, 3.05) is 11.9 Å². The molecule has 0 heterocycles. The lowest BCUT2D eigenvalue weighted by atomic mass is 10.1. The molecular formula is C20H17Cl2NO2. The number of hydrogen-bond acceptors (Lipinski definition) is 2. The van der Waals surface area contributed by atoms with Gasteiger partial charge in [0.05, 0.1) is 11.6 Å². The van der Waals surface area contributed by atoms with E-state index in [0.29, 0.717) is 35.2 Å². The van der Waals surface area contributed by atoms with Gasteiger partial charge in [0.1, 0.15) is 5.75 Å². The smallest absolute Gasteiger partial charge is 0.224 e. The normalized spacial score (nSPS) is 10.6. The Morgan fingerprint density at radius 2 is 1.76 bits per heavy atom. The van der Waals surface area contributed by atoms with Gasteiger partial charge >= 0.3 is 0 Å². The van der Waals surface area contributed by atoms with Gasteiger partial charge in [0.15, 0.2) is 0 Å². The first kappa shape index (κ1) is 17.6. The largest absolute Gasteiger partial charge is 0.492 e. The fraction of sp³-hybridized carbons (Fsp3) is 0.150. The third kappa shape index (κ3) is 4.88. The van der Waals surface area contributed by atoms with Crippen molar-refractivity contribution in [1.82, 2.24) is 0 Å². The van der Waals surface area contributed by atoms with Gasteiger partial charge in [0.2, 0.25) is 5.91 Å². The first-order valence-electron chi connectivity index (χ1n) is 7.98. The third-order valence-electron chi connectivity index (χ3n) is 3.73. The lowest BCUT2D eigenvalue weighted by Crippen LogP contribution is -2.12. The number of fused-ring (bicyclic) bond motifs is 1. The Morgan fingerprint density at radius 1 is 0.960 bits per heavy atom. The predicted molar refractivity (Wildman–Crippen MR) is 104 cm³/mol. The zero-order valence-electron chi connectivity index (χ0n) is 13.5. The van der Waals surface area contributed by atoms with Gasteiger partial charge in [-0.1, -0.05) is 53.5 Å². The number of amides is 1. The van der Waals surface area contributed by atoms with Crippen LogP contribution in [0, 0.1) is 0 Å². The number of carbonyl (C=O) groups excluding carboxylic acids is 1. The molecule has 1 amide bonds. The molecule has 0 aliphatic rings. The van der Waals surface area contributed by atoms with E-state index >= 15 is 0 Å². The van der Waals surface area contributed by atoms with E-state index in [2.05, 4.69) is 5.32 Å². The Kier molecular flexibility index (Phi) is 5.79. The van der Waals surface area contributed by atoms with Crippen LogP contribution in [0.15, 0.2) is 60.7 Å². The molecule has 0 bridgehead atoms. The Morgan fingerprint density at radius 3 is 2.56 bits per heavy atom. The number of hydrogen-bond donors (Lipinski definition) is 1. The standard InChI is InChI=1S/C20H17Cl2NO2/c21-16-8-10-19(18(22)13-16)25-11-3-6-20(24)23-17-9-7-14-4-1-2-5-15(14)12-17/h1-2,4-5,7-10,12-13H,3,6,11H2,(H,23,24). The molecule has 0 atom stereocenters. The molecule has 3 rings (SSSR count). The molecule has 0 saturated carbocycles. The first-order valence-corrected chi connectivity index (χ1v) is 8.74. The van der Waals surface area contributed by atoms with Crippen molar-refractivity contribution in [3.05, 3.63) is 70.7 Å². The van der Waals surface area contributed by atoms with Crippen LogP contribution in [0.5, 0.6) is 5.75 Å². The van der Waals surface area contributed by atoms with Crippen LogP contribution in [0.3, 0.4) is 0 Å². The molecule has 0 aromatic heterocycles. The molecule has 0 spiro atoms. The van der Waals surface area contributed by atoms with E-state index in [0.717, 1.165) is 16.5 Å². The van der Waals surface area contributed by atoms with Crippen molar-refractivity contribution in [1.29, 1.82) is 0 Å². The molecule has 1 N–H and O–H groups in total. The maximum atomic E-state index is 12.1. The minimum Gasteiger partial charge on any atom is -0.492 e. The summed E-state index contributed by atoms with van der Waals surface area (Å²) in [6.45, 7) is 0.409. The van der Waals surface area contributed by atoms with E-state index in [4.69, 9.17) is 27.9 Å². The minimum absolute atomic E-state index is 0.0407. The Hall–Kier alpha value is -2.23. The second-order valence-corrected chi connectivity index (χ2v) is 6.48. The van der Waals surface area contributed by atoms with Crippen LogP contribution >= 0.6 is 23.2 Å². The van der Waals surface area contributed by atoms with Gasteiger partial charge < -0.3 is 10.1 Å². The SMILES string of the molecule is O=C(CCCOc1ccc(Cl)cc1Cl)Nc1ccc2ccccc2c1. The number of ether oxygens (including phenoxy) is 1. The highest BCUT2D eigenvalue weighted by Gasteiger charge is 2.05. The summed E-state index contributed by atoms with van der Waals surface area (Å²) in [6.07, 6.45) is 0.969. The van der Waals surface area contributed by atoms with E-state index in [9.17, 15) is 4.79 Å². The maximum Gasteiger partial charge on any atom is 0.224 e. The highest BCUT2D eigenvalue weighted by atomic mass is 35.5. The number of carbonyl (C=O) groups is 1. The van der Waals surface area contributed by atoms with E-state index in [1.165, 1.54) is 0 Å². The van der Waals surface area contributed by atoms with Gasteiger partial charge in [-0.05, 0) is 47.5 Å². The second kappa shape index (κ2) is 8.24. The molecule has 3 nitrogen and oxygen atoms in total. The zero-order valence-corrected chi connectivity index (χ0v) is 15.0. The summed E-state index contributed by atoms with van der Waals surface area (Å²) in [4.78, 5) is 12.1. The molecule has 0 fully saturated rings. The summed E-state index contributed by atoms with van der Waals surface area (Å²) in [5, 5.41) is 6.19. The number of benzene rings is 3. The monoisotopic (exact) mass is 373 g/mol. The van der Waals surface area contributed by atoms with E-state index in [1.807, 2.05) is 42.5 Å². The molecule has 0 saturated heterocycles. The summed E-state index contributed by atoms with van der Waals surface area (Å²) in [7, 11) is 0. The topological polar surface area (TPSA) is 38.3 Å². The summed E-state index contributed by atoms with van der Waals surface area (Å²) in [5.41, 5.74) is 0.797. The molecular weight excluding hydrogens is 357 g/mol. The average molecular weight is 374 g/mol. The maximum absolute atomic E-state index is 12.1. The van der Waals surface area contributed by atoms with Gasteiger partial charge in [-0.2, -0.15) is 0 Å². The molecule has 128 valence electrons. The van der Waals surface area contributed by atoms with Crippen molar-refractivity contribution in [2.45, 2.75) is 12.8 Å². The first-order chi connectivity index (χ1) is 12.1. The van der Waals surface area contributed by atoms with Crippen molar-refractivity contribution < 1.29 is 9.53 Å². The molecule has 25 heavy (non-hydrogen) atoms. The van der Waals surface area contributed by atoms with Crippen LogP contribution in [0.2, 0.25) is 10.0 Å². The van der Waals surface area contributed by atoms with Gasteiger partial charge in [-0.15, -0.1) is 0 Å². The predicted octanol–water partition coefficient (Wildman–Crippen LogP) is 5.94. The molecule has 3 aromatic carbocycles. The van der Waals surface area contributed by atoms with Gasteiger partial charge in [-0.3, -0.25) is 4.79 Å². The van der Waals surface area contributed by atoms with Crippen molar-refractivity contribution >= 4 is 45.6 Å². The highest BCUT2D eigenvalue weighted by Crippen LogP contribution is 2.27. The molecule has 0 unspecified atom stereocenters. The van der Waals surface area contributed by atoms with Crippen LogP contribution in [0.4, 0.5) is 5.69 Å². The van der Waals surface area contributed by atoms with Gasteiger partial charge in [0, 0.05) is 17.1 Å². The van der Waals surface area contributed by atoms with E-state index in [-0.39, 0.29) is 5.91 Å². The van der Waals surface area contributed by atoms with Crippen molar-refractivity contribution in [3.63, 3.8) is 0 Å². The van der Waals surface area contributed by atoms with E-state index in [1.54, 1.807) is 18.2 Å². The summed E-state index contributed by atoms with van der Waals surface area (Å²) >= 11 is 11.9. The number of rotatable bonds is 6. The fourth-order valence-corrected chi connectivity index (χ4v) is 2.96. The molecule has 0 aliphatic carbocycles. The van der Waals surface area contributed by atoms with Crippen LogP contribution in [-0.2, 0) is 4.79 Å².